The Bertz CT molecular complexity index is 1330. The SMILES string of the molecule is Cl.O=C(c1ccccc1Oc1ccccc1)N(CCN1CCOCC1)c1nc2c(F)cc(F)cc2s1. The van der Waals surface area contributed by atoms with Crippen LogP contribution in [-0.4, -0.2) is 55.2 Å². The number of rotatable bonds is 7. The lowest BCUT2D eigenvalue weighted by Crippen LogP contribution is -2.43. The van der Waals surface area contributed by atoms with E-state index in [1.807, 2.05) is 30.3 Å². The molecule has 10 heteroatoms. The topological polar surface area (TPSA) is 54.9 Å². The smallest absolute Gasteiger partial charge is 0.263 e. The summed E-state index contributed by atoms with van der Waals surface area (Å²) in [6.07, 6.45) is 0. The molecule has 1 aliphatic heterocycles. The largest absolute Gasteiger partial charge is 0.457 e. The van der Waals surface area contributed by atoms with Crippen molar-refractivity contribution >= 4 is 45.0 Å². The third-order valence-corrected chi connectivity index (χ3v) is 6.74. The second-order valence-corrected chi connectivity index (χ2v) is 9.06. The first-order valence-corrected chi connectivity index (χ1v) is 12.1. The van der Waals surface area contributed by atoms with E-state index in [-0.39, 0.29) is 23.8 Å². The monoisotopic (exact) mass is 531 g/mol. The zero-order chi connectivity index (χ0) is 24.2. The van der Waals surface area contributed by atoms with E-state index in [1.165, 1.54) is 11.0 Å². The van der Waals surface area contributed by atoms with Crippen LogP contribution in [0.5, 0.6) is 11.5 Å². The van der Waals surface area contributed by atoms with Crippen LogP contribution in [0.4, 0.5) is 13.9 Å². The average Bonchev–Trinajstić information content (AvgIpc) is 3.30. The quantitative estimate of drug-likeness (QED) is 0.303. The maximum Gasteiger partial charge on any atom is 0.263 e. The predicted molar refractivity (Wildman–Crippen MR) is 139 cm³/mol. The van der Waals surface area contributed by atoms with E-state index in [0.717, 1.165) is 30.5 Å². The van der Waals surface area contributed by atoms with Crippen LogP contribution in [0.25, 0.3) is 10.2 Å². The number of amides is 1. The number of para-hydroxylation sites is 2. The van der Waals surface area contributed by atoms with Gasteiger partial charge in [0.1, 0.15) is 22.8 Å². The summed E-state index contributed by atoms with van der Waals surface area (Å²) in [5, 5.41) is 0.303. The third-order valence-electron chi connectivity index (χ3n) is 5.71. The molecule has 1 amide bonds. The van der Waals surface area contributed by atoms with Gasteiger partial charge in [-0.15, -0.1) is 12.4 Å². The number of anilines is 1. The molecule has 5 rings (SSSR count). The molecule has 2 heterocycles. The number of nitrogens with zero attached hydrogens (tertiary/aromatic N) is 3. The molecule has 0 radical (unpaired) electrons. The number of carbonyl (C=O) groups is 1. The molecule has 0 bridgehead atoms. The molecule has 1 aliphatic rings. The van der Waals surface area contributed by atoms with Gasteiger partial charge in [-0.2, -0.15) is 0 Å². The number of thiazole rings is 1. The Morgan fingerprint density at radius 3 is 2.56 bits per heavy atom. The van der Waals surface area contributed by atoms with Crippen molar-refractivity contribution in [2.45, 2.75) is 0 Å². The van der Waals surface area contributed by atoms with Crippen LogP contribution in [-0.2, 0) is 4.74 Å². The van der Waals surface area contributed by atoms with Crippen molar-refractivity contribution in [2.75, 3.05) is 44.3 Å². The molecule has 0 spiro atoms. The van der Waals surface area contributed by atoms with E-state index in [9.17, 15) is 13.6 Å². The molecule has 1 aromatic heterocycles. The van der Waals surface area contributed by atoms with Crippen molar-refractivity contribution in [3.05, 3.63) is 83.9 Å². The molecule has 1 saturated heterocycles. The molecule has 0 atom stereocenters. The maximum absolute atomic E-state index is 14.4. The second kappa shape index (κ2) is 11.7. The highest BCUT2D eigenvalue weighted by atomic mass is 35.5. The molecule has 188 valence electrons. The second-order valence-electron chi connectivity index (χ2n) is 8.05. The molecule has 0 saturated carbocycles. The molecule has 36 heavy (non-hydrogen) atoms. The molecular weight excluding hydrogens is 508 g/mol. The van der Waals surface area contributed by atoms with Crippen molar-refractivity contribution in [3.8, 4) is 11.5 Å². The number of halogens is 3. The predicted octanol–water partition coefficient (Wildman–Crippen LogP) is 5.77. The van der Waals surface area contributed by atoms with Gasteiger partial charge in [-0.1, -0.05) is 41.7 Å². The Labute approximate surface area is 217 Å². The third kappa shape index (κ3) is 5.82. The lowest BCUT2D eigenvalue weighted by Gasteiger charge is -2.29. The highest BCUT2D eigenvalue weighted by Crippen LogP contribution is 2.33. The fraction of sp³-hybridized carbons (Fsp3) is 0.231. The van der Waals surface area contributed by atoms with Crippen LogP contribution in [0.1, 0.15) is 10.4 Å². The molecule has 1 fully saturated rings. The Morgan fingerprint density at radius 1 is 1.06 bits per heavy atom. The lowest BCUT2D eigenvalue weighted by atomic mass is 10.1. The highest BCUT2D eigenvalue weighted by Gasteiger charge is 2.26. The standard InChI is InChI=1S/C26H23F2N3O3S.ClH/c27-18-16-21(28)24-23(17-18)35-26(29-24)31(11-10-30-12-14-33-15-13-30)25(32)20-8-4-5-9-22(20)34-19-6-2-1-3-7-19;/h1-9,16-17H,10-15H2;1H. The van der Waals surface area contributed by atoms with Crippen molar-refractivity contribution in [1.82, 2.24) is 9.88 Å². The van der Waals surface area contributed by atoms with Crippen LogP contribution in [0, 0.1) is 11.6 Å². The summed E-state index contributed by atoms with van der Waals surface area (Å²) in [6, 6.07) is 18.2. The normalized spacial score (nSPS) is 13.8. The fourth-order valence-electron chi connectivity index (χ4n) is 3.90. The van der Waals surface area contributed by atoms with Gasteiger partial charge in [-0.05, 0) is 30.3 Å². The first-order chi connectivity index (χ1) is 17.1. The van der Waals surface area contributed by atoms with Crippen LogP contribution in [0.15, 0.2) is 66.7 Å². The zero-order valence-corrected chi connectivity index (χ0v) is 20.9. The Hall–Kier alpha value is -3.11. The van der Waals surface area contributed by atoms with E-state index < -0.39 is 11.6 Å². The van der Waals surface area contributed by atoms with Crippen LogP contribution >= 0.6 is 23.7 Å². The number of carbonyl (C=O) groups excluding carboxylic acids is 1. The zero-order valence-electron chi connectivity index (χ0n) is 19.2. The number of hydrogen-bond donors (Lipinski definition) is 0. The van der Waals surface area contributed by atoms with Crippen molar-refractivity contribution in [2.24, 2.45) is 0 Å². The first-order valence-electron chi connectivity index (χ1n) is 11.3. The summed E-state index contributed by atoms with van der Waals surface area (Å²) in [7, 11) is 0. The summed E-state index contributed by atoms with van der Waals surface area (Å²) >= 11 is 1.08. The van der Waals surface area contributed by atoms with Crippen molar-refractivity contribution in [1.29, 1.82) is 0 Å². The van der Waals surface area contributed by atoms with Gasteiger partial charge in [-0.3, -0.25) is 14.6 Å². The van der Waals surface area contributed by atoms with Gasteiger partial charge in [0.15, 0.2) is 10.9 Å². The van der Waals surface area contributed by atoms with Crippen LogP contribution in [0.2, 0.25) is 0 Å². The number of morpholine rings is 1. The summed E-state index contributed by atoms with van der Waals surface area (Å²) < 4.78 is 40.0. The Morgan fingerprint density at radius 2 is 1.78 bits per heavy atom. The lowest BCUT2D eigenvalue weighted by molar-refractivity contribution is 0.0391. The molecular formula is C26H24ClF2N3O3S. The van der Waals surface area contributed by atoms with Gasteiger partial charge < -0.3 is 9.47 Å². The van der Waals surface area contributed by atoms with Gasteiger partial charge >= 0.3 is 0 Å². The minimum absolute atomic E-state index is 0. The van der Waals surface area contributed by atoms with Crippen molar-refractivity contribution in [3.63, 3.8) is 0 Å². The molecule has 0 N–H and O–H groups in total. The number of hydrogen-bond acceptors (Lipinski definition) is 6. The molecule has 4 aromatic rings. The van der Waals surface area contributed by atoms with E-state index in [1.54, 1.807) is 24.3 Å². The summed E-state index contributed by atoms with van der Waals surface area (Å²) in [5.74, 6) is -0.762. The Kier molecular flexibility index (Phi) is 8.48. The van der Waals surface area contributed by atoms with Gasteiger partial charge in [0.25, 0.3) is 5.91 Å². The van der Waals surface area contributed by atoms with E-state index in [0.29, 0.717) is 53.2 Å². The average molecular weight is 532 g/mol. The first kappa shape index (κ1) is 26.0. The molecule has 6 nitrogen and oxygen atoms in total. The highest BCUT2D eigenvalue weighted by molar-refractivity contribution is 7.22. The van der Waals surface area contributed by atoms with E-state index in [2.05, 4.69) is 9.88 Å². The fourth-order valence-corrected chi connectivity index (χ4v) is 4.93. The number of benzene rings is 3. The van der Waals surface area contributed by atoms with Gasteiger partial charge in [0.2, 0.25) is 0 Å². The number of ether oxygens (including phenoxy) is 2. The minimum atomic E-state index is -0.754. The van der Waals surface area contributed by atoms with Gasteiger partial charge in [0, 0.05) is 32.2 Å². The van der Waals surface area contributed by atoms with Crippen LogP contribution < -0.4 is 9.64 Å². The molecule has 0 aliphatic carbocycles. The van der Waals surface area contributed by atoms with Crippen molar-refractivity contribution < 1.29 is 23.0 Å². The summed E-state index contributed by atoms with van der Waals surface area (Å²) in [6.45, 7) is 3.69. The van der Waals surface area contributed by atoms with E-state index >= 15 is 0 Å². The van der Waals surface area contributed by atoms with Crippen LogP contribution in [0.3, 0.4) is 0 Å². The minimum Gasteiger partial charge on any atom is -0.457 e. The Balaban J connectivity index is 0.00000304. The van der Waals surface area contributed by atoms with Gasteiger partial charge in [0.05, 0.1) is 23.5 Å². The number of aromatic nitrogens is 1. The summed E-state index contributed by atoms with van der Waals surface area (Å²) in [4.78, 5) is 22.0. The van der Waals surface area contributed by atoms with E-state index in [4.69, 9.17) is 9.47 Å². The van der Waals surface area contributed by atoms with Gasteiger partial charge in [-0.25, -0.2) is 13.8 Å². The molecule has 3 aromatic carbocycles. The summed E-state index contributed by atoms with van der Waals surface area (Å²) in [5.41, 5.74) is 0.397. The molecule has 0 unspecified atom stereocenters. The number of fused-ring (bicyclic) bond motifs is 1. The maximum atomic E-state index is 14.4.